The van der Waals surface area contributed by atoms with Gasteiger partial charge in [-0.05, 0) is 49.4 Å². The molecule has 20 heavy (non-hydrogen) atoms. The highest BCUT2D eigenvalue weighted by Gasteiger charge is 2.20. The lowest BCUT2D eigenvalue weighted by Gasteiger charge is -2.31. The van der Waals surface area contributed by atoms with Crippen molar-refractivity contribution in [3.05, 3.63) is 28.2 Å². The van der Waals surface area contributed by atoms with Crippen molar-refractivity contribution in [3.63, 3.8) is 0 Å². The Bertz CT molecular complexity index is 476. The minimum Gasteiger partial charge on any atom is -0.384 e. The third kappa shape index (κ3) is 4.23. The minimum absolute atomic E-state index is 0.277. The molecule has 0 saturated carbocycles. The molecule has 1 unspecified atom stereocenters. The van der Waals surface area contributed by atoms with Crippen LogP contribution in [0.4, 0.5) is 5.69 Å². The summed E-state index contributed by atoms with van der Waals surface area (Å²) in [5, 5.41) is 3.35. The van der Waals surface area contributed by atoms with Gasteiger partial charge in [-0.1, -0.05) is 22.9 Å². The lowest BCUT2D eigenvalue weighted by molar-refractivity contribution is -0.132. The van der Waals surface area contributed by atoms with E-state index < -0.39 is 0 Å². The summed E-state index contributed by atoms with van der Waals surface area (Å²) in [7, 11) is 0. The van der Waals surface area contributed by atoms with Crippen molar-refractivity contribution in [1.82, 2.24) is 4.90 Å². The summed E-state index contributed by atoms with van der Waals surface area (Å²) in [4.78, 5) is 14.2. The Kier molecular flexibility index (Phi) is 5.46. The van der Waals surface area contributed by atoms with Gasteiger partial charge in [0.1, 0.15) is 0 Å². The maximum absolute atomic E-state index is 12.2. The van der Waals surface area contributed by atoms with Crippen LogP contribution in [0, 0.1) is 12.8 Å². The van der Waals surface area contributed by atoms with Crippen LogP contribution in [0.25, 0.3) is 0 Å². The number of carbonyl (C=O) groups is 1. The Labute approximate surface area is 129 Å². The highest BCUT2D eigenvalue weighted by Crippen LogP contribution is 2.20. The van der Waals surface area contributed by atoms with Crippen LogP contribution < -0.4 is 5.32 Å². The van der Waals surface area contributed by atoms with E-state index in [9.17, 15) is 4.79 Å². The summed E-state index contributed by atoms with van der Waals surface area (Å²) in [6.07, 6.45) is 2.97. The number of nitrogens with one attached hydrogen (secondary N) is 1. The van der Waals surface area contributed by atoms with E-state index in [4.69, 9.17) is 0 Å². The molecule has 0 spiro atoms. The second-order valence-corrected chi connectivity index (χ2v) is 6.64. The summed E-state index contributed by atoms with van der Waals surface area (Å²) in [6.45, 7) is 6.85. The Morgan fingerprint density at radius 1 is 1.50 bits per heavy atom. The predicted octanol–water partition coefficient (Wildman–Crippen LogP) is 3.82. The van der Waals surface area contributed by atoms with Gasteiger partial charge in [-0.2, -0.15) is 0 Å². The monoisotopic (exact) mass is 338 g/mol. The zero-order valence-corrected chi connectivity index (χ0v) is 13.9. The highest BCUT2D eigenvalue weighted by molar-refractivity contribution is 9.10. The van der Waals surface area contributed by atoms with Gasteiger partial charge in [0, 0.05) is 36.2 Å². The molecule has 110 valence electrons. The molecule has 1 amide bonds. The van der Waals surface area contributed by atoms with Gasteiger partial charge in [-0.15, -0.1) is 0 Å². The number of hydrogen-bond acceptors (Lipinski definition) is 2. The summed E-state index contributed by atoms with van der Waals surface area (Å²) in [5.41, 5.74) is 2.30. The van der Waals surface area contributed by atoms with Crippen LogP contribution in [0.15, 0.2) is 22.7 Å². The topological polar surface area (TPSA) is 32.3 Å². The molecular weight excluding hydrogens is 316 g/mol. The Hall–Kier alpha value is -1.03. The number of hydrogen-bond donors (Lipinski definition) is 1. The van der Waals surface area contributed by atoms with Gasteiger partial charge < -0.3 is 10.2 Å². The lowest BCUT2D eigenvalue weighted by atomic mass is 10.00. The fraction of sp³-hybridized carbons (Fsp3) is 0.562. The fourth-order valence-corrected chi connectivity index (χ4v) is 3.18. The fourth-order valence-electron chi connectivity index (χ4n) is 2.70. The highest BCUT2D eigenvalue weighted by atomic mass is 79.9. The van der Waals surface area contributed by atoms with Crippen LogP contribution in [-0.4, -0.2) is 30.4 Å². The molecule has 0 aromatic heterocycles. The standard InChI is InChI=1S/C16H23BrN2O/c1-12-4-3-9-19(11-12)16(20)7-8-18-15-6-5-14(17)10-13(15)2/h5-6,10,12,18H,3-4,7-9,11H2,1-2H3. The first-order chi connectivity index (χ1) is 9.56. The first-order valence-electron chi connectivity index (χ1n) is 7.34. The summed E-state index contributed by atoms with van der Waals surface area (Å²) in [6, 6.07) is 6.15. The molecule has 1 aliphatic heterocycles. The molecule has 1 aromatic carbocycles. The largest absolute Gasteiger partial charge is 0.384 e. The van der Waals surface area contributed by atoms with E-state index in [-0.39, 0.29) is 5.91 Å². The van der Waals surface area contributed by atoms with Crippen molar-refractivity contribution >= 4 is 27.5 Å². The van der Waals surface area contributed by atoms with Gasteiger partial charge in [0.2, 0.25) is 5.91 Å². The van der Waals surface area contributed by atoms with Crippen LogP contribution >= 0.6 is 15.9 Å². The molecule has 1 aromatic rings. The van der Waals surface area contributed by atoms with E-state index in [1.807, 2.05) is 17.0 Å². The summed E-state index contributed by atoms with van der Waals surface area (Å²) in [5.74, 6) is 0.924. The molecule has 1 heterocycles. The van der Waals surface area contributed by atoms with E-state index in [1.54, 1.807) is 0 Å². The molecule has 0 bridgehead atoms. The number of benzene rings is 1. The van der Waals surface area contributed by atoms with Crippen molar-refractivity contribution in [2.75, 3.05) is 25.0 Å². The molecule has 2 rings (SSSR count). The van der Waals surface area contributed by atoms with Crippen LogP contribution in [0.2, 0.25) is 0 Å². The van der Waals surface area contributed by atoms with E-state index >= 15 is 0 Å². The Morgan fingerprint density at radius 2 is 2.30 bits per heavy atom. The number of halogens is 1. The third-order valence-corrected chi connectivity index (χ3v) is 4.35. The maximum atomic E-state index is 12.2. The molecule has 0 radical (unpaired) electrons. The van der Waals surface area contributed by atoms with Crippen LogP contribution in [0.1, 0.15) is 31.7 Å². The van der Waals surface area contributed by atoms with Gasteiger partial charge in [0.05, 0.1) is 0 Å². The zero-order valence-electron chi connectivity index (χ0n) is 12.3. The first kappa shape index (κ1) is 15.4. The molecule has 3 nitrogen and oxygen atoms in total. The SMILES string of the molecule is Cc1cc(Br)ccc1NCCC(=O)N1CCCC(C)C1. The number of anilines is 1. The van der Waals surface area contributed by atoms with Crippen LogP contribution in [0.3, 0.4) is 0 Å². The van der Waals surface area contributed by atoms with Gasteiger partial charge >= 0.3 is 0 Å². The number of likely N-dealkylation sites (tertiary alicyclic amines) is 1. The van der Waals surface area contributed by atoms with Crippen molar-refractivity contribution < 1.29 is 4.79 Å². The third-order valence-electron chi connectivity index (χ3n) is 3.85. The number of nitrogens with zero attached hydrogens (tertiary/aromatic N) is 1. The average molecular weight is 339 g/mol. The first-order valence-corrected chi connectivity index (χ1v) is 8.13. The van der Waals surface area contributed by atoms with Gasteiger partial charge in [-0.3, -0.25) is 4.79 Å². The lowest BCUT2D eigenvalue weighted by Crippen LogP contribution is -2.39. The van der Waals surface area contributed by atoms with Crippen LogP contribution in [-0.2, 0) is 4.79 Å². The summed E-state index contributed by atoms with van der Waals surface area (Å²) < 4.78 is 1.08. The van der Waals surface area contributed by atoms with Crippen molar-refractivity contribution in [1.29, 1.82) is 0 Å². The number of aryl methyl sites for hydroxylation is 1. The maximum Gasteiger partial charge on any atom is 0.224 e. The molecule has 1 fully saturated rings. The van der Waals surface area contributed by atoms with Crippen LogP contribution in [0.5, 0.6) is 0 Å². The molecule has 1 N–H and O–H groups in total. The number of rotatable bonds is 4. The average Bonchev–Trinajstić information content (AvgIpc) is 2.41. The predicted molar refractivity (Wildman–Crippen MR) is 87.0 cm³/mol. The Morgan fingerprint density at radius 3 is 3.00 bits per heavy atom. The van der Waals surface area contributed by atoms with Crippen molar-refractivity contribution in [2.45, 2.75) is 33.1 Å². The van der Waals surface area contributed by atoms with Gasteiger partial charge in [0.25, 0.3) is 0 Å². The van der Waals surface area contributed by atoms with E-state index in [1.165, 1.54) is 12.0 Å². The zero-order chi connectivity index (χ0) is 14.5. The minimum atomic E-state index is 0.277. The molecule has 1 saturated heterocycles. The Balaban J connectivity index is 1.79. The smallest absolute Gasteiger partial charge is 0.224 e. The molecule has 1 atom stereocenters. The normalized spacial score (nSPS) is 18.9. The number of piperidine rings is 1. The van der Waals surface area contributed by atoms with Crippen molar-refractivity contribution in [3.8, 4) is 0 Å². The van der Waals surface area contributed by atoms with E-state index in [0.29, 0.717) is 18.9 Å². The molecule has 0 aliphatic carbocycles. The second-order valence-electron chi connectivity index (χ2n) is 5.72. The molecule has 4 heteroatoms. The van der Waals surface area contributed by atoms with E-state index in [2.05, 4.69) is 41.2 Å². The summed E-state index contributed by atoms with van der Waals surface area (Å²) >= 11 is 3.46. The number of amides is 1. The second kappa shape index (κ2) is 7.11. The van der Waals surface area contributed by atoms with Gasteiger partial charge in [0.15, 0.2) is 0 Å². The van der Waals surface area contributed by atoms with Crippen molar-refractivity contribution in [2.24, 2.45) is 5.92 Å². The van der Waals surface area contributed by atoms with Gasteiger partial charge in [-0.25, -0.2) is 0 Å². The molecular formula is C16H23BrN2O. The number of carbonyl (C=O) groups excluding carboxylic acids is 1. The molecule has 1 aliphatic rings. The van der Waals surface area contributed by atoms with E-state index in [0.717, 1.165) is 29.7 Å². The quantitative estimate of drug-likeness (QED) is 0.905.